The van der Waals surface area contributed by atoms with Gasteiger partial charge in [-0.05, 0) is 73.9 Å². The number of nitrogens with zero attached hydrogens (tertiary/aromatic N) is 2. The van der Waals surface area contributed by atoms with Gasteiger partial charge in [0.15, 0.2) is 0 Å². The van der Waals surface area contributed by atoms with Gasteiger partial charge in [0.05, 0.1) is 5.56 Å². The van der Waals surface area contributed by atoms with Gasteiger partial charge in [0.25, 0.3) is 5.91 Å². The molecule has 0 radical (unpaired) electrons. The summed E-state index contributed by atoms with van der Waals surface area (Å²) < 4.78 is 52.5. The van der Waals surface area contributed by atoms with Crippen LogP contribution in [0.3, 0.4) is 0 Å². The van der Waals surface area contributed by atoms with Crippen LogP contribution in [0.4, 0.5) is 17.6 Å². The van der Waals surface area contributed by atoms with Crippen LogP contribution in [0.15, 0.2) is 79.0 Å². The molecule has 4 rings (SSSR count). The van der Waals surface area contributed by atoms with E-state index in [2.05, 4.69) is 4.98 Å². The highest BCUT2D eigenvalue weighted by Crippen LogP contribution is 2.29. The summed E-state index contributed by atoms with van der Waals surface area (Å²) in [6.45, 7) is 3.69. The molecule has 0 aliphatic rings. The molecule has 0 fully saturated rings. The van der Waals surface area contributed by atoms with Crippen LogP contribution in [0.5, 0.6) is 0 Å². The van der Waals surface area contributed by atoms with Gasteiger partial charge in [0, 0.05) is 41.8 Å². The third-order valence-corrected chi connectivity index (χ3v) is 6.61. The molecule has 0 aliphatic carbocycles. The van der Waals surface area contributed by atoms with Crippen LogP contribution in [-0.4, -0.2) is 45.7 Å². The van der Waals surface area contributed by atoms with E-state index in [4.69, 9.17) is 0 Å². The zero-order valence-corrected chi connectivity index (χ0v) is 21.6. The second-order valence-corrected chi connectivity index (χ2v) is 9.65. The predicted octanol–water partition coefficient (Wildman–Crippen LogP) is 6.45. The Balaban J connectivity index is 1.56. The number of carbonyl (C=O) groups is 2. The van der Waals surface area contributed by atoms with Crippen molar-refractivity contribution in [1.82, 2.24) is 14.8 Å². The van der Waals surface area contributed by atoms with Crippen molar-refractivity contribution in [2.45, 2.75) is 39.0 Å². The highest BCUT2D eigenvalue weighted by Gasteiger charge is 2.30. The van der Waals surface area contributed by atoms with Gasteiger partial charge in [-0.15, -0.1) is 0 Å². The number of hydrogen-bond donors (Lipinski definition) is 1. The summed E-state index contributed by atoms with van der Waals surface area (Å²) in [4.78, 5) is 32.9. The number of alkyl halides is 3. The lowest BCUT2D eigenvalue weighted by atomic mass is 10.1. The SMILES string of the molecule is CC(C)N(CC(=O)N(CCc1c[nH]c2ccccc12)Cc1ccc(C(F)(F)F)cc1)C(=O)c1ccc(F)cc1. The van der Waals surface area contributed by atoms with Crippen molar-refractivity contribution in [2.24, 2.45) is 0 Å². The molecule has 0 spiro atoms. The van der Waals surface area contributed by atoms with E-state index in [0.29, 0.717) is 18.5 Å². The van der Waals surface area contributed by atoms with Crippen LogP contribution in [0.1, 0.15) is 40.9 Å². The largest absolute Gasteiger partial charge is 0.416 e. The average molecular weight is 540 g/mol. The van der Waals surface area contributed by atoms with Crippen LogP contribution in [0.25, 0.3) is 10.9 Å². The number of H-pyrrole nitrogens is 1. The van der Waals surface area contributed by atoms with Crippen molar-refractivity contribution in [1.29, 1.82) is 0 Å². The molecule has 0 unspecified atom stereocenters. The maximum atomic E-state index is 13.6. The molecular formula is C30H29F4N3O2. The van der Waals surface area contributed by atoms with Crippen LogP contribution in [0.2, 0.25) is 0 Å². The molecule has 4 aromatic rings. The van der Waals surface area contributed by atoms with E-state index in [1.54, 1.807) is 18.7 Å². The quantitative estimate of drug-likeness (QED) is 0.249. The second kappa shape index (κ2) is 11.7. The fourth-order valence-electron chi connectivity index (χ4n) is 4.40. The summed E-state index contributed by atoms with van der Waals surface area (Å²) in [5.41, 5.74) is 1.99. The summed E-state index contributed by atoms with van der Waals surface area (Å²) in [5, 5.41) is 1.02. The summed E-state index contributed by atoms with van der Waals surface area (Å²) in [6.07, 6.45) is -2.07. The Bertz CT molecular complexity index is 1430. The topological polar surface area (TPSA) is 56.4 Å². The summed E-state index contributed by atoms with van der Waals surface area (Å²) in [6, 6.07) is 17.3. The molecule has 0 bridgehead atoms. The molecule has 1 heterocycles. The lowest BCUT2D eigenvalue weighted by Gasteiger charge is -2.30. The number of nitrogens with one attached hydrogen (secondary N) is 1. The van der Waals surface area contributed by atoms with Crippen LogP contribution in [0, 0.1) is 5.82 Å². The van der Waals surface area contributed by atoms with E-state index >= 15 is 0 Å². The predicted molar refractivity (Wildman–Crippen MR) is 141 cm³/mol. The van der Waals surface area contributed by atoms with E-state index in [0.717, 1.165) is 28.6 Å². The maximum absolute atomic E-state index is 13.6. The standard InChI is InChI=1S/C30H29F4N3O2/c1-20(2)37(29(39)22-9-13-25(31)14-10-22)19-28(38)36(18-21-7-11-24(12-8-21)30(32,33)34)16-15-23-17-35-27-6-4-3-5-26(23)27/h3-14,17,20,35H,15-16,18-19H2,1-2H3. The summed E-state index contributed by atoms with van der Waals surface area (Å²) in [5.74, 6) is -1.23. The number of fused-ring (bicyclic) bond motifs is 1. The Morgan fingerprint density at radius 1 is 0.923 bits per heavy atom. The molecule has 0 saturated heterocycles. The van der Waals surface area contributed by atoms with Gasteiger partial charge in [-0.3, -0.25) is 9.59 Å². The molecule has 0 saturated carbocycles. The fourth-order valence-corrected chi connectivity index (χ4v) is 4.40. The van der Waals surface area contributed by atoms with E-state index < -0.39 is 23.5 Å². The van der Waals surface area contributed by atoms with Crippen molar-refractivity contribution in [3.8, 4) is 0 Å². The van der Waals surface area contributed by atoms with Gasteiger partial charge in [-0.2, -0.15) is 13.2 Å². The Kier molecular flexibility index (Phi) is 8.38. The normalized spacial score (nSPS) is 11.7. The third-order valence-electron chi connectivity index (χ3n) is 6.61. The highest BCUT2D eigenvalue weighted by molar-refractivity contribution is 5.96. The Labute approximate surface area is 224 Å². The minimum Gasteiger partial charge on any atom is -0.361 e. The van der Waals surface area contributed by atoms with Gasteiger partial charge < -0.3 is 14.8 Å². The first kappa shape index (κ1) is 27.9. The van der Waals surface area contributed by atoms with E-state index in [1.807, 2.05) is 30.5 Å². The number of hydrogen-bond acceptors (Lipinski definition) is 2. The summed E-state index contributed by atoms with van der Waals surface area (Å²) in [7, 11) is 0. The molecule has 1 N–H and O–H groups in total. The van der Waals surface area contributed by atoms with Gasteiger partial charge in [-0.25, -0.2) is 4.39 Å². The first-order valence-corrected chi connectivity index (χ1v) is 12.6. The number of para-hydroxylation sites is 1. The molecule has 9 heteroatoms. The third kappa shape index (κ3) is 6.85. The zero-order chi connectivity index (χ0) is 28.2. The van der Waals surface area contributed by atoms with Crippen LogP contribution >= 0.6 is 0 Å². The minimum absolute atomic E-state index is 0.0794. The van der Waals surface area contributed by atoms with Gasteiger partial charge in [0.1, 0.15) is 12.4 Å². The molecule has 1 aromatic heterocycles. The van der Waals surface area contributed by atoms with Gasteiger partial charge in [-0.1, -0.05) is 30.3 Å². The fraction of sp³-hybridized carbons (Fsp3) is 0.267. The molecule has 3 aromatic carbocycles. The second-order valence-electron chi connectivity index (χ2n) is 9.65. The minimum atomic E-state index is -4.46. The first-order chi connectivity index (χ1) is 18.5. The number of rotatable bonds is 9. The van der Waals surface area contributed by atoms with Crippen molar-refractivity contribution >= 4 is 22.7 Å². The van der Waals surface area contributed by atoms with E-state index in [9.17, 15) is 27.2 Å². The molecule has 204 valence electrons. The number of amides is 2. The zero-order valence-electron chi connectivity index (χ0n) is 21.6. The van der Waals surface area contributed by atoms with Crippen molar-refractivity contribution in [3.05, 3.63) is 107 Å². The van der Waals surface area contributed by atoms with E-state index in [-0.39, 0.29) is 30.6 Å². The molecule has 5 nitrogen and oxygen atoms in total. The number of aromatic nitrogens is 1. The molecule has 0 atom stereocenters. The number of benzene rings is 3. The monoisotopic (exact) mass is 539 g/mol. The van der Waals surface area contributed by atoms with Gasteiger partial charge >= 0.3 is 6.18 Å². The van der Waals surface area contributed by atoms with Crippen LogP contribution < -0.4 is 0 Å². The van der Waals surface area contributed by atoms with Crippen molar-refractivity contribution in [2.75, 3.05) is 13.1 Å². The highest BCUT2D eigenvalue weighted by atomic mass is 19.4. The van der Waals surface area contributed by atoms with Crippen molar-refractivity contribution in [3.63, 3.8) is 0 Å². The number of aromatic amines is 1. The first-order valence-electron chi connectivity index (χ1n) is 12.6. The average Bonchev–Trinajstić information content (AvgIpc) is 3.32. The smallest absolute Gasteiger partial charge is 0.361 e. The van der Waals surface area contributed by atoms with Crippen LogP contribution in [-0.2, 0) is 23.9 Å². The Morgan fingerprint density at radius 2 is 1.59 bits per heavy atom. The number of halogens is 4. The lowest BCUT2D eigenvalue weighted by Crippen LogP contribution is -2.46. The lowest BCUT2D eigenvalue weighted by molar-refractivity contribution is -0.137. The summed E-state index contributed by atoms with van der Waals surface area (Å²) >= 11 is 0. The molecule has 39 heavy (non-hydrogen) atoms. The number of carbonyl (C=O) groups excluding carboxylic acids is 2. The Hall–Kier alpha value is -4.14. The maximum Gasteiger partial charge on any atom is 0.416 e. The van der Waals surface area contributed by atoms with Crippen molar-refractivity contribution < 1.29 is 27.2 Å². The molecule has 0 aliphatic heterocycles. The van der Waals surface area contributed by atoms with E-state index in [1.165, 1.54) is 41.3 Å². The Morgan fingerprint density at radius 3 is 2.23 bits per heavy atom. The molecular weight excluding hydrogens is 510 g/mol. The van der Waals surface area contributed by atoms with Gasteiger partial charge in [0.2, 0.25) is 5.91 Å². The molecule has 2 amide bonds.